The van der Waals surface area contributed by atoms with Crippen molar-refractivity contribution in [1.82, 2.24) is 0 Å². The predicted octanol–water partition coefficient (Wildman–Crippen LogP) is 16.2. The SMILES string of the molecule is CN(C)c1ccc(C(=C2C=CC(=[N+](C)C)C=C2)c2ccccc2)cc1.Cc1ccc(S(=O)(=O)c2cc3c(cc2S(=O)(=O)c2ccc(C)cc2)O[P-]24(O3)(Oc3cc(S(=O)(=O)c5ccc(C)cc5)c(S(=O)(=O)c5ccc(C)cc5)cc3O2)Oc2cc(S(=O)(=O)c3ccc(C)cc3)c(S(=O)(=O)c3ccc(C)cc3)cc2O4)cc1. The van der Waals surface area contributed by atoms with Crippen molar-refractivity contribution in [3.05, 3.63) is 311 Å². The van der Waals surface area contributed by atoms with Gasteiger partial charge in [-0.15, -0.1) is 0 Å². The molecule has 0 bridgehead atoms. The molecule has 11 aromatic rings. The summed E-state index contributed by atoms with van der Waals surface area (Å²) in [5.41, 5.74) is 11.3. The quantitative estimate of drug-likeness (QED) is 0.0681. The van der Waals surface area contributed by atoms with Gasteiger partial charge in [-0.25, -0.2) is 4.58 Å². The fraction of sp³-hybridized carbons (Fsp3) is 0.120. The molecule has 564 valence electrons. The fourth-order valence-electron chi connectivity index (χ4n) is 12.8. The zero-order chi connectivity index (χ0) is 78.5. The maximum absolute atomic E-state index is 15.0. The van der Waals surface area contributed by atoms with E-state index < -0.39 is 130 Å². The predicted molar refractivity (Wildman–Crippen MR) is 418 cm³/mol. The van der Waals surface area contributed by atoms with E-state index >= 15 is 50.5 Å². The minimum absolute atomic E-state index is 0.368. The first-order valence-electron chi connectivity index (χ1n) is 34.2. The second-order valence-corrected chi connectivity index (χ2v) is 42.3. The molecule has 3 heterocycles. The summed E-state index contributed by atoms with van der Waals surface area (Å²) in [6.07, 6.45) is 8.76. The average molecular weight is 1610 g/mol. The van der Waals surface area contributed by atoms with Crippen molar-refractivity contribution in [3.63, 3.8) is 0 Å². The number of hydrogen-bond donors (Lipinski definition) is 0. The van der Waals surface area contributed by atoms with Crippen LogP contribution in [0.1, 0.15) is 44.5 Å². The Bertz CT molecular complexity index is 5660. The van der Waals surface area contributed by atoms with Crippen LogP contribution in [0, 0.1) is 41.5 Å². The van der Waals surface area contributed by atoms with Crippen molar-refractivity contribution in [3.8, 4) is 34.5 Å². The number of benzene rings is 11. The number of fused-ring (bicyclic) bond motifs is 3. The minimum atomic E-state index is -7.90. The fourth-order valence-corrected chi connectivity index (χ4v) is 26.6. The van der Waals surface area contributed by atoms with Gasteiger partial charge in [0.15, 0.2) is 5.71 Å². The summed E-state index contributed by atoms with van der Waals surface area (Å²) in [6, 6.07) is 56.9. The van der Waals surface area contributed by atoms with Crippen molar-refractivity contribution < 1.29 is 82.2 Å². The second-order valence-electron chi connectivity index (χ2n) is 27.4. The number of aryl methyl sites for hydroxylation is 6. The molecule has 110 heavy (non-hydrogen) atoms. The van der Waals surface area contributed by atoms with E-state index in [1.54, 1.807) is 41.5 Å². The molecule has 0 amide bonds. The molecule has 20 nitrogen and oxygen atoms in total. The maximum atomic E-state index is 15.0. The van der Waals surface area contributed by atoms with Crippen LogP contribution >= 0.6 is 7.31 Å². The van der Waals surface area contributed by atoms with E-state index in [1.807, 2.05) is 0 Å². The molecule has 11 aromatic carbocycles. The molecule has 3 aliphatic heterocycles. The van der Waals surface area contributed by atoms with Crippen LogP contribution in [0.25, 0.3) is 5.57 Å². The first kappa shape index (κ1) is 75.8. The van der Waals surface area contributed by atoms with E-state index in [4.69, 9.17) is 27.1 Å². The van der Waals surface area contributed by atoms with Crippen molar-refractivity contribution in [1.29, 1.82) is 0 Å². The number of rotatable bonds is 15. The average Bonchev–Trinajstić information content (AvgIpc) is 1.46. The van der Waals surface area contributed by atoms with Crippen LogP contribution < -0.4 is 32.0 Å². The molecule has 27 heteroatoms. The van der Waals surface area contributed by atoms with Gasteiger partial charge in [-0.1, -0.05) is 42.5 Å². The van der Waals surface area contributed by atoms with Crippen LogP contribution in [0.2, 0.25) is 0 Å². The Hall–Kier alpha value is -11.0. The molecule has 0 unspecified atom stereocenters. The Kier molecular flexibility index (Phi) is 18.6. The number of allylic oxidation sites excluding steroid dienone is 5. The molecule has 0 radical (unpaired) electrons. The summed E-state index contributed by atoms with van der Waals surface area (Å²) in [5, 5.41) is 0. The van der Waals surface area contributed by atoms with Crippen LogP contribution in [0.3, 0.4) is 0 Å². The third kappa shape index (κ3) is 13.3. The molecular formula is C83H73N2O18PS6. The van der Waals surface area contributed by atoms with E-state index in [9.17, 15) is 0 Å². The molecule has 0 saturated heterocycles. The summed E-state index contributed by atoms with van der Waals surface area (Å²) in [5.74, 6) is -4.39. The Morgan fingerprint density at radius 3 is 0.718 bits per heavy atom. The summed E-state index contributed by atoms with van der Waals surface area (Å²) in [7, 11) is -29.2. The molecule has 0 fully saturated rings. The monoisotopic (exact) mass is 1610 g/mol. The third-order valence-corrected chi connectivity index (χ3v) is 33.5. The summed E-state index contributed by atoms with van der Waals surface area (Å²) in [4.78, 5) is -5.43. The van der Waals surface area contributed by atoms with E-state index in [2.05, 4.69) is 117 Å². The van der Waals surface area contributed by atoms with Gasteiger partial charge in [-0.2, -0.15) is 0 Å². The second kappa shape index (κ2) is 27.0. The summed E-state index contributed by atoms with van der Waals surface area (Å²) in [6.45, 7) is 10.2. The van der Waals surface area contributed by atoms with Gasteiger partial charge in [0.2, 0.25) is 0 Å². The first-order chi connectivity index (χ1) is 51.9. The molecule has 0 N–H and O–H groups in total. The van der Waals surface area contributed by atoms with Crippen molar-refractivity contribution >= 4 is 83.3 Å². The number of sulfone groups is 6. The molecule has 0 aromatic heterocycles. The molecule has 0 saturated carbocycles. The summed E-state index contributed by atoms with van der Waals surface area (Å²) >= 11 is 0. The van der Waals surface area contributed by atoms with Crippen LogP contribution in [-0.2, 0) is 59.0 Å². The molecule has 4 aliphatic rings. The molecule has 0 atom stereocenters. The van der Waals surface area contributed by atoms with E-state index in [-0.39, 0.29) is 29.4 Å². The van der Waals surface area contributed by atoms with Crippen LogP contribution in [-0.4, -0.2) is 89.0 Å². The topological polar surface area (TPSA) is 266 Å². The first-order valence-corrected chi connectivity index (χ1v) is 45.3. The van der Waals surface area contributed by atoms with E-state index in [0.29, 0.717) is 33.4 Å². The van der Waals surface area contributed by atoms with E-state index in [0.717, 1.165) is 36.4 Å². The Labute approximate surface area is 639 Å². The Morgan fingerprint density at radius 1 is 0.291 bits per heavy atom. The van der Waals surface area contributed by atoms with Crippen molar-refractivity contribution in [2.45, 2.75) is 100 Å². The summed E-state index contributed by atoms with van der Waals surface area (Å²) < 4.78 is 223. The molecule has 1 aliphatic carbocycles. The number of hydrogen-bond acceptors (Lipinski definition) is 19. The zero-order valence-electron chi connectivity index (χ0n) is 61.0. The van der Waals surface area contributed by atoms with Gasteiger partial charge < -0.3 is 4.90 Å². The van der Waals surface area contributed by atoms with Gasteiger partial charge in [0.25, 0.3) is 0 Å². The van der Waals surface area contributed by atoms with Crippen LogP contribution in [0.15, 0.2) is 325 Å². The Morgan fingerprint density at radius 2 is 0.509 bits per heavy atom. The van der Waals surface area contributed by atoms with Gasteiger partial charge >= 0.3 is 494 Å². The Balaban J connectivity index is 0.000000341. The number of nitrogens with zero attached hydrogens (tertiary/aromatic N) is 2. The zero-order valence-corrected chi connectivity index (χ0v) is 66.8. The standard InChI is InChI=1S/C60H48O18PS6.C23H25N2/c1-37-7-19-43(20-8-37)80(61,62)55-31-49-50(32-56(55)81(63,64)44-21-9-38(2)10-22-44)74-79(73-49,75-51-33-57(82(65,66)45-23-11-39(3)12-24-45)58(34-52(51)76-79)83(67,68)46-25-13-40(4)14-26-46)77-53-35-59(84(69,70)47-27-15-41(5)16-28-47)60(36-54(53)78-79)85(71,72)48-29-17-42(6)18-30-48;1-24(2)21-14-10-19(11-15-21)23(18-8-6-5-7-9-18)20-12-16-22(17-13-20)25(3)4/h7-36H,1-6H3;5-17H,1-4H3/q-1;+1. The van der Waals surface area contributed by atoms with Crippen LogP contribution in [0.4, 0.5) is 5.69 Å². The third-order valence-electron chi connectivity index (χ3n) is 18.9. The molecule has 15 rings (SSSR count). The van der Waals surface area contributed by atoms with E-state index in [1.165, 1.54) is 179 Å². The van der Waals surface area contributed by atoms with Gasteiger partial charge in [0.05, 0.1) is 0 Å². The van der Waals surface area contributed by atoms with Crippen LogP contribution in [0.5, 0.6) is 34.5 Å². The normalized spacial score (nSPS) is 15.6. The van der Waals surface area contributed by atoms with Gasteiger partial charge in [0.1, 0.15) is 14.1 Å². The van der Waals surface area contributed by atoms with Crippen molar-refractivity contribution in [2.24, 2.45) is 0 Å². The van der Waals surface area contributed by atoms with Gasteiger partial charge in [0, 0.05) is 31.9 Å². The van der Waals surface area contributed by atoms with Gasteiger partial charge in [-0.3, -0.25) is 0 Å². The van der Waals surface area contributed by atoms with Crippen molar-refractivity contribution in [2.75, 3.05) is 33.1 Å². The molecule has 1 spiro atoms. The van der Waals surface area contributed by atoms with Gasteiger partial charge in [-0.05, 0) is 46.6 Å². The molecular weight excluding hydrogens is 1540 g/mol. The number of anilines is 1.